The fraction of sp³-hybridized carbons (Fsp3) is 0.550. The van der Waals surface area contributed by atoms with Crippen LogP contribution >= 0.6 is 0 Å². The van der Waals surface area contributed by atoms with Crippen molar-refractivity contribution in [2.24, 2.45) is 5.92 Å². The van der Waals surface area contributed by atoms with Crippen LogP contribution < -0.4 is 5.32 Å². The molecule has 0 aromatic carbocycles. The molecule has 0 unspecified atom stereocenters. The Balaban J connectivity index is 1.25. The maximum absolute atomic E-state index is 12.3. The number of hydrogen-bond donors (Lipinski definition) is 1. The van der Waals surface area contributed by atoms with Crippen molar-refractivity contribution in [3.63, 3.8) is 0 Å². The number of nitrogens with one attached hydrogen (secondary N) is 1. The maximum Gasteiger partial charge on any atom is 0.255 e. The Bertz CT molecular complexity index is 740. The number of hydrogen-bond acceptors (Lipinski definition) is 4. The summed E-state index contributed by atoms with van der Waals surface area (Å²) in [6, 6.07) is 6.23. The molecule has 2 fully saturated rings. The Morgan fingerprint density at radius 3 is 2.68 bits per heavy atom. The molecular weight excluding hydrogens is 316 g/mol. The number of likely N-dealkylation sites (tertiary alicyclic amines) is 1. The van der Waals surface area contributed by atoms with Gasteiger partial charge in [0.25, 0.3) is 5.91 Å². The number of nitrogens with zero attached hydrogens (tertiary/aromatic N) is 1. The van der Waals surface area contributed by atoms with E-state index in [2.05, 4.69) is 29.3 Å². The average Bonchev–Trinajstić information content (AvgIpc) is 2.98. The van der Waals surface area contributed by atoms with E-state index in [4.69, 9.17) is 8.83 Å². The highest BCUT2D eigenvalue weighted by Gasteiger charge is 2.36. The summed E-state index contributed by atoms with van der Waals surface area (Å²) in [7, 11) is 0. The SMILES string of the molecule is Cc1occc1C(=O)NC1CCN(Cc2ccc([C@H]3C[C@H]3C)o2)CC1. The number of rotatable bonds is 5. The van der Waals surface area contributed by atoms with Crippen molar-refractivity contribution in [2.75, 3.05) is 13.1 Å². The lowest BCUT2D eigenvalue weighted by Gasteiger charge is -2.31. The van der Waals surface area contributed by atoms with Gasteiger partial charge in [-0.2, -0.15) is 0 Å². The third-order valence-corrected chi connectivity index (χ3v) is 5.56. The lowest BCUT2D eigenvalue weighted by molar-refractivity contribution is 0.0904. The summed E-state index contributed by atoms with van der Waals surface area (Å²) in [6.45, 7) is 6.91. The minimum Gasteiger partial charge on any atom is -0.469 e. The highest BCUT2D eigenvalue weighted by atomic mass is 16.3. The van der Waals surface area contributed by atoms with Gasteiger partial charge in [-0.1, -0.05) is 6.92 Å². The van der Waals surface area contributed by atoms with Gasteiger partial charge < -0.3 is 14.2 Å². The molecule has 134 valence electrons. The second kappa shape index (κ2) is 6.71. The molecule has 5 heteroatoms. The number of furan rings is 2. The third-order valence-electron chi connectivity index (χ3n) is 5.56. The van der Waals surface area contributed by atoms with Gasteiger partial charge >= 0.3 is 0 Å². The van der Waals surface area contributed by atoms with Crippen LogP contribution in [-0.2, 0) is 6.54 Å². The number of amides is 1. The van der Waals surface area contributed by atoms with E-state index in [0.29, 0.717) is 17.2 Å². The van der Waals surface area contributed by atoms with Gasteiger partial charge in [-0.25, -0.2) is 0 Å². The number of carbonyl (C=O) groups excluding carboxylic acids is 1. The van der Waals surface area contributed by atoms with Crippen molar-refractivity contribution in [1.29, 1.82) is 0 Å². The molecule has 0 radical (unpaired) electrons. The molecule has 4 rings (SSSR count). The first-order valence-electron chi connectivity index (χ1n) is 9.26. The summed E-state index contributed by atoms with van der Waals surface area (Å²) < 4.78 is 11.2. The lowest BCUT2D eigenvalue weighted by Crippen LogP contribution is -2.44. The van der Waals surface area contributed by atoms with Crippen LogP contribution in [0.25, 0.3) is 0 Å². The second-order valence-corrected chi connectivity index (χ2v) is 7.54. The average molecular weight is 342 g/mol. The predicted octanol–water partition coefficient (Wildman–Crippen LogP) is 3.70. The molecule has 2 aromatic rings. The summed E-state index contributed by atoms with van der Waals surface area (Å²) in [5, 5.41) is 3.13. The molecule has 3 heterocycles. The van der Waals surface area contributed by atoms with Crippen molar-refractivity contribution in [3.8, 4) is 0 Å². The molecule has 0 spiro atoms. The zero-order valence-corrected chi connectivity index (χ0v) is 15.0. The quantitative estimate of drug-likeness (QED) is 0.900. The number of piperidine rings is 1. The molecule has 1 saturated heterocycles. The van der Waals surface area contributed by atoms with Crippen LogP contribution in [0.2, 0.25) is 0 Å². The van der Waals surface area contributed by atoms with Crippen LogP contribution in [0, 0.1) is 12.8 Å². The van der Waals surface area contributed by atoms with Gasteiger partial charge in [0.1, 0.15) is 17.3 Å². The lowest BCUT2D eigenvalue weighted by atomic mass is 10.0. The van der Waals surface area contributed by atoms with Gasteiger partial charge in [0, 0.05) is 25.0 Å². The fourth-order valence-corrected chi connectivity index (χ4v) is 3.74. The van der Waals surface area contributed by atoms with E-state index >= 15 is 0 Å². The molecule has 1 saturated carbocycles. The molecule has 2 atom stereocenters. The second-order valence-electron chi connectivity index (χ2n) is 7.54. The van der Waals surface area contributed by atoms with E-state index in [1.165, 1.54) is 6.42 Å². The third kappa shape index (κ3) is 3.66. The van der Waals surface area contributed by atoms with Crippen LogP contribution in [0.4, 0.5) is 0 Å². The summed E-state index contributed by atoms with van der Waals surface area (Å²) in [6.07, 6.45) is 4.76. The monoisotopic (exact) mass is 342 g/mol. The van der Waals surface area contributed by atoms with Gasteiger partial charge in [0.15, 0.2) is 0 Å². The fourth-order valence-electron chi connectivity index (χ4n) is 3.74. The molecule has 1 N–H and O–H groups in total. The molecule has 2 aromatic heterocycles. The Morgan fingerprint density at radius 1 is 1.28 bits per heavy atom. The predicted molar refractivity (Wildman–Crippen MR) is 94.4 cm³/mol. The summed E-state index contributed by atoms with van der Waals surface area (Å²) in [4.78, 5) is 14.7. The highest BCUT2D eigenvalue weighted by Crippen LogP contribution is 2.47. The Morgan fingerprint density at radius 2 is 2.04 bits per heavy atom. The standard InChI is InChI=1S/C20H26N2O3/c1-13-11-18(13)19-4-3-16(25-19)12-22-8-5-15(6-9-22)21-20(23)17-7-10-24-14(17)2/h3-4,7,10,13,15,18H,5-6,8-9,11-12H2,1-2H3,(H,21,23)/t13-,18+/m1/s1. The van der Waals surface area contributed by atoms with Crippen molar-refractivity contribution in [1.82, 2.24) is 10.2 Å². The van der Waals surface area contributed by atoms with Gasteiger partial charge in [0.2, 0.25) is 0 Å². The molecule has 1 amide bonds. The Hall–Kier alpha value is -2.01. The molecular formula is C20H26N2O3. The van der Waals surface area contributed by atoms with Crippen LogP contribution in [0.15, 0.2) is 33.3 Å². The van der Waals surface area contributed by atoms with E-state index < -0.39 is 0 Å². The Labute approximate surface area is 148 Å². The minimum absolute atomic E-state index is 0.0288. The van der Waals surface area contributed by atoms with E-state index in [0.717, 1.165) is 49.9 Å². The van der Waals surface area contributed by atoms with Gasteiger partial charge in [-0.15, -0.1) is 0 Å². The zero-order chi connectivity index (χ0) is 17.4. The summed E-state index contributed by atoms with van der Waals surface area (Å²) in [5.74, 6) is 4.27. The first kappa shape index (κ1) is 16.5. The zero-order valence-electron chi connectivity index (χ0n) is 15.0. The summed E-state index contributed by atoms with van der Waals surface area (Å²) >= 11 is 0. The van der Waals surface area contributed by atoms with Crippen molar-refractivity contribution in [2.45, 2.75) is 51.6 Å². The van der Waals surface area contributed by atoms with E-state index in [-0.39, 0.29) is 11.9 Å². The smallest absolute Gasteiger partial charge is 0.255 e. The highest BCUT2D eigenvalue weighted by molar-refractivity contribution is 5.95. The maximum atomic E-state index is 12.3. The van der Waals surface area contributed by atoms with Crippen molar-refractivity contribution >= 4 is 5.91 Å². The minimum atomic E-state index is -0.0288. The molecule has 5 nitrogen and oxygen atoms in total. The Kier molecular flexibility index (Phi) is 4.42. The first-order valence-corrected chi connectivity index (χ1v) is 9.26. The molecule has 1 aliphatic carbocycles. The normalized spacial score (nSPS) is 24.4. The van der Waals surface area contributed by atoms with Crippen molar-refractivity contribution < 1.29 is 13.6 Å². The van der Waals surface area contributed by atoms with Crippen molar-refractivity contribution in [3.05, 3.63) is 47.3 Å². The van der Waals surface area contributed by atoms with Gasteiger partial charge in [0.05, 0.1) is 18.4 Å². The summed E-state index contributed by atoms with van der Waals surface area (Å²) in [5.41, 5.74) is 0.639. The molecule has 25 heavy (non-hydrogen) atoms. The molecule has 1 aliphatic heterocycles. The molecule has 2 aliphatic rings. The topological polar surface area (TPSA) is 58.6 Å². The number of aryl methyl sites for hydroxylation is 1. The van der Waals surface area contributed by atoms with Crippen LogP contribution in [0.5, 0.6) is 0 Å². The van der Waals surface area contributed by atoms with E-state index in [1.807, 2.05) is 6.92 Å². The van der Waals surface area contributed by atoms with Crippen LogP contribution in [0.1, 0.15) is 59.7 Å². The van der Waals surface area contributed by atoms with Crippen LogP contribution in [-0.4, -0.2) is 29.9 Å². The number of carbonyl (C=O) groups is 1. The van der Waals surface area contributed by atoms with Gasteiger partial charge in [-0.05, 0) is 50.3 Å². The molecule has 0 bridgehead atoms. The van der Waals surface area contributed by atoms with E-state index in [9.17, 15) is 4.79 Å². The largest absolute Gasteiger partial charge is 0.469 e. The van der Waals surface area contributed by atoms with E-state index in [1.54, 1.807) is 12.3 Å². The van der Waals surface area contributed by atoms with Crippen LogP contribution in [0.3, 0.4) is 0 Å². The van der Waals surface area contributed by atoms with Gasteiger partial charge in [-0.3, -0.25) is 9.69 Å². The first-order chi connectivity index (χ1) is 12.1.